The molecule has 0 atom stereocenters. The van der Waals surface area contributed by atoms with Gasteiger partial charge in [0.05, 0.1) is 0 Å². The zero-order valence-corrected chi connectivity index (χ0v) is 9.50. The van der Waals surface area contributed by atoms with Gasteiger partial charge in [-0.2, -0.15) is 31.4 Å². The van der Waals surface area contributed by atoms with Gasteiger partial charge in [-0.25, -0.2) is 0 Å². The molecule has 1 heterocycles. The van der Waals surface area contributed by atoms with Crippen LogP contribution in [0.4, 0.5) is 32.2 Å². The standard InChI is InChI=1S/C9H11F6N3O/c10-8(11,12)7(9(13,14)15)19-5-1-3-18-4-2-6(16)17-18/h2,4,7H,1,3,5H2,(H2,16,17). The lowest BCUT2D eigenvalue weighted by atomic mass is 10.3. The van der Waals surface area contributed by atoms with Gasteiger partial charge in [0, 0.05) is 19.3 Å². The second kappa shape index (κ2) is 5.68. The second-order valence-electron chi connectivity index (χ2n) is 3.69. The Morgan fingerprint density at radius 3 is 2.21 bits per heavy atom. The third-order valence-corrected chi connectivity index (χ3v) is 2.07. The van der Waals surface area contributed by atoms with Crippen molar-refractivity contribution >= 4 is 5.82 Å². The minimum atomic E-state index is -5.48. The first-order valence-corrected chi connectivity index (χ1v) is 5.14. The highest BCUT2D eigenvalue weighted by Gasteiger charge is 2.57. The predicted octanol–water partition coefficient (Wildman–Crippen LogP) is 2.37. The number of anilines is 1. The Kier molecular flexibility index (Phi) is 4.66. The summed E-state index contributed by atoms with van der Waals surface area (Å²) in [7, 11) is 0. The molecule has 0 aliphatic heterocycles. The Balaban J connectivity index is 2.41. The van der Waals surface area contributed by atoms with Gasteiger partial charge in [-0.1, -0.05) is 0 Å². The van der Waals surface area contributed by atoms with Crippen molar-refractivity contribution in [2.45, 2.75) is 31.4 Å². The Morgan fingerprint density at radius 2 is 1.79 bits per heavy atom. The lowest BCUT2D eigenvalue weighted by molar-refractivity contribution is -0.321. The summed E-state index contributed by atoms with van der Waals surface area (Å²) in [6, 6.07) is 1.45. The van der Waals surface area contributed by atoms with E-state index in [9.17, 15) is 26.3 Å². The van der Waals surface area contributed by atoms with E-state index in [1.807, 2.05) is 0 Å². The summed E-state index contributed by atoms with van der Waals surface area (Å²) < 4.78 is 77.7. The number of nitrogens with zero attached hydrogens (tertiary/aromatic N) is 2. The molecular formula is C9H11F6N3O. The predicted molar refractivity (Wildman–Crippen MR) is 53.1 cm³/mol. The number of halogens is 6. The van der Waals surface area contributed by atoms with Gasteiger partial charge in [0.2, 0.25) is 6.10 Å². The number of nitrogens with two attached hydrogens (primary N) is 1. The zero-order valence-electron chi connectivity index (χ0n) is 9.50. The van der Waals surface area contributed by atoms with Crippen molar-refractivity contribution in [1.82, 2.24) is 9.78 Å². The number of hydrogen-bond donors (Lipinski definition) is 1. The van der Waals surface area contributed by atoms with Crippen molar-refractivity contribution in [2.75, 3.05) is 12.3 Å². The van der Waals surface area contributed by atoms with Crippen LogP contribution in [0.1, 0.15) is 6.42 Å². The van der Waals surface area contributed by atoms with Crippen LogP contribution in [0.5, 0.6) is 0 Å². The third-order valence-electron chi connectivity index (χ3n) is 2.07. The van der Waals surface area contributed by atoms with E-state index in [4.69, 9.17) is 5.73 Å². The van der Waals surface area contributed by atoms with Crippen LogP contribution in [0.3, 0.4) is 0 Å². The molecule has 1 rings (SSSR count). The van der Waals surface area contributed by atoms with Crippen molar-refractivity contribution in [1.29, 1.82) is 0 Å². The molecule has 2 N–H and O–H groups in total. The average Bonchev–Trinajstić information content (AvgIpc) is 2.59. The van der Waals surface area contributed by atoms with Crippen LogP contribution in [0, 0.1) is 0 Å². The van der Waals surface area contributed by atoms with E-state index in [2.05, 4.69) is 9.84 Å². The Hall–Kier alpha value is -1.45. The van der Waals surface area contributed by atoms with E-state index >= 15 is 0 Å². The van der Waals surface area contributed by atoms with Crippen LogP contribution in [-0.2, 0) is 11.3 Å². The molecule has 19 heavy (non-hydrogen) atoms. The van der Waals surface area contributed by atoms with Crippen molar-refractivity contribution in [2.24, 2.45) is 0 Å². The Morgan fingerprint density at radius 1 is 1.21 bits per heavy atom. The summed E-state index contributed by atoms with van der Waals surface area (Å²) in [4.78, 5) is 0. The number of nitrogen functional groups attached to an aromatic ring is 1. The fraction of sp³-hybridized carbons (Fsp3) is 0.667. The molecular weight excluding hydrogens is 280 g/mol. The molecule has 0 bridgehead atoms. The second-order valence-corrected chi connectivity index (χ2v) is 3.69. The number of alkyl halides is 6. The van der Waals surface area contributed by atoms with E-state index in [-0.39, 0.29) is 18.8 Å². The number of aryl methyl sites for hydroxylation is 1. The molecule has 10 heteroatoms. The minimum Gasteiger partial charge on any atom is -0.382 e. The van der Waals surface area contributed by atoms with Gasteiger partial charge in [0.1, 0.15) is 5.82 Å². The summed E-state index contributed by atoms with van der Waals surface area (Å²) in [5.41, 5.74) is 5.28. The Labute approximate surface area is 104 Å². The lowest BCUT2D eigenvalue weighted by Crippen LogP contribution is -2.44. The summed E-state index contributed by atoms with van der Waals surface area (Å²) in [6.45, 7) is -0.580. The highest BCUT2D eigenvalue weighted by Crippen LogP contribution is 2.35. The third kappa shape index (κ3) is 4.97. The van der Waals surface area contributed by atoms with Crippen LogP contribution in [-0.4, -0.2) is 34.8 Å². The van der Waals surface area contributed by atoms with Gasteiger partial charge < -0.3 is 10.5 Å². The van der Waals surface area contributed by atoms with E-state index < -0.39 is 25.1 Å². The zero-order chi connectivity index (χ0) is 14.7. The number of hydrogen-bond acceptors (Lipinski definition) is 3. The van der Waals surface area contributed by atoms with Crippen molar-refractivity contribution in [3.8, 4) is 0 Å². The monoisotopic (exact) mass is 291 g/mol. The molecule has 0 saturated carbocycles. The lowest BCUT2D eigenvalue weighted by Gasteiger charge is -2.23. The van der Waals surface area contributed by atoms with Crippen LogP contribution in [0.2, 0.25) is 0 Å². The molecule has 0 aromatic carbocycles. The van der Waals surface area contributed by atoms with E-state index in [0.29, 0.717) is 0 Å². The summed E-state index contributed by atoms with van der Waals surface area (Å²) in [5.74, 6) is 0.212. The fourth-order valence-electron chi connectivity index (χ4n) is 1.30. The molecule has 0 amide bonds. The molecule has 1 aromatic rings. The highest BCUT2D eigenvalue weighted by atomic mass is 19.4. The molecule has 0 aliphatic carbocycles. The molecule has 0 spiro atoms. The fourth-order valence-corrected chi connectivity index (χ4v) is 1.30. The maximum absolute atomic E-state index is 12.1. The summed E-state index contributed by atoms with van der Waals surface area (Å²) in [5, 5.41) is 3.72. The Bertz CT molecular complexity index is 385. The first-order valence-electron chi connectivity index (χ1n) is 5.14. The van der Waals surface area contributed by atoms with Gasteiger partial charge in [0.15, 0.2) is 0 Å². The molecule has 0 unspecified atom stereocenters. The molecule has 0 saturated heterocycles. The van der Waals surface area contributed by atoms with Crippen molar-refractivity contribution in [3.63, 3.8) is 0 Å². The van der Waals surface area contributed by atoms with E-state index in [1.54, 1.807) is 0 Å². The minimum absolute atomic E-state index is 0.0518. The summed E-state index contributed by atoms with van der Waals surface area (Å²) >= 11 is 0. The number of rotatable bonds is 5. The maximum Gasteiger partial charge on any atom is 0.423 e. The molecule has 4 nitrogen and oxygen atoms in total. The van der Waals surface area contributed by atoms with Crippen LogP contribution >= 0.6 is 0 Å². The largest absolute Gasteiger partial charge is 0.423 e. The molecule has 110 valence electrons. The number of ether oxygens (including phenoxy) is 1. The van der Waals surface area contributed by atoms with Gasteiger partial charge >= 0.3 is 12.4 Å². The van der Waals surface area contributed by atoms with Crippen molar-refractivity contribution < 1.29 is 31.1 Å². The highest BCUT2D eigenvalue weighted by molar-refractivity contribution is 5.23. The topological polar surface area (TPSA) is 53.1 Å². The van der Waals surface area contributed by atoms with Crippen molar-refractivity contribution in [3.05, 3.63) is 12.3 Å². The van der Waals surface area contributed by atoms with Crippen LogP contribution in [0.15, 0.2) is 12.3 Å². The van der Waals surface area contributed by atoms with Crippen LogP contribution in [0.25, 0.3) is 0 Å². The average molecular weight is 291 g/mol. The maximum atomic E-state index is 12.1. The summed E-state index contributed by atoms with van der Waals surface area (Å²) in [6.07, 6.45) is -13.3. The first-order chi connectivity index (χ1) is 8.60. The van der Waals surface area contributed by atoms with Gasteiger partial charge in [-0.3, -0.25) is 4.68 Å². The normalized spacial score (nSPS) is 13.2. The smallest absolute Gasteiger partial charge is 0.382 e. The van der Waals surface area contributed by atoms with Gasteiger partial charge in [-0.15, -0.1) is 0 Å². The quantitative estimate of drug-likeness (QED) is 0.669. The molecule has 0 fully saturated rings. The first kappa shape index (κ1) is 15.6. The van der Waals surface area contributed by atoms with E-state index in [0.717, 1.165) is 0 Å². The molecule has 0 aliphatic rings. The van der Waals surface area contributed by atoms with Gasteiger partial charge in [-0.05, 0) is 12.5 Å². The van der Waals surface area contributed by atoms with Crippen LogP contribution < -0.4 is 5.73 Å². The SMILES string of the molecule is Nc1ccn(CCCOC(C(F)(F)F)C(F)(F)F)n1. The van der Waals surface area contributed by atoms with Gasteiger partial charge in [0.25, 0.3) is 0 Å². The molecule has 1 aromatic heterocycles. The number of aromatic nitrogens is 2. The van der Waals surface area contributed by atoms with E-state index in [1.165, 1.54) is 16.9 Å². The molecule has 0 radical (unpaired) electrons.